The van der Waals surface area contributed by atoms with Crippen LogP contribution in [0.4, 0.5) is 0 Å². The van der Waals surface area contributed by atoms with E-state index in [4.69, 9.17) is 34.8 Å². The van der Waals surface area contributed by atoms with Gasteiger partial charge in [-0.05, 0) is 36.8 Å². The van der Waals surface area contributed by atoms with E-state index in [0.29, 0.717) is 15.9 Å². The molecule has 102 valence electrons. The van der Waals surface area contributed by atoms with Gasteiger partial charge in [0.2, 0.25) is 0 Å². The van der Waals surface area contributed by atoms with Crippen LogP contribution in [-0.4, -0.2) is 9.55 Å². The molecule has 0 fully saturated rings. The monoisotopic (exact) mass is 324 g/mol. The van der Waals surface area contributed by atoms with Crippen LogP contribution in [0, 0.1) is 6.92 Å². The van der Waals surface area contributed by atoms with Gasteiger partial charge in [-0.3, -0.25) is 4.57 Å². The molecule has 0 aliphatic carbocycles. The maximum atomic E-state index is 6.32. The molecule has 2 nitrogen and oxygen atoms in total. The van der Waals surface area contributed by atoms with Crippen molar-refractivity contribution in [1.29, 1.82) is 0 Å². The molecule has 0 radical (unpaired) electrons. The fourth-order valence-electron chi connectivity index (χ4n) is 2.26. The summed E-state index contributed by atoms with van der Waals surface area (Å²) >= 11 is 18.5. The zero-order valence-corrected chi connectivity index (χ0v) is 13.0. The van der Waals surface area contributed by atoms with Crippen LogP contribution in [0.15, 0.2) is 36.4 Å². The molecular weight excluding hydrogens is 315 g/mol. The van der Waals surface area contributed by atoms with Crippen molar-refractivity contribution in [3.63, 3.8) is 0 Å². The summed E-state index contributed by atoms with van der Waals surface area (Å²) in [4.78, 5) is 4.57. The maximum Gasteiger partial charge on any atom is 0.129 e. The number of nitrogens with zero attached hydrogens (tertiary/aromatic N) is 2. The molecule has 0 unspecified atom stereocenters. The molecule has 0 saturated carbocycles. The van der Waals surface area contributed by atoms with Gasteiger partial charge in [-0.15, -0.1) is 11.6 Å². The van der Waals surface area contributed by atoms with E-state index in [1.54, 1.807) is 6.07 Å². The van der Waals surface area contributed by atoms with Crippen molar-refractivity contribution in [3.05, 3.63) is 57.8 Å². The molecule has 5 heteroatoms. The first kappa shape index (κ1) is 13.7. The Labute approximate surface area is 131 Å². The van der Waals surface area contributed by atoms with Crippen LogP contribution in [0.3, 0.4) is 0 Å². The van der Waals surface area contributed by atoms with Crippen LogP contribution in [0.2, 0.25) is 10.0 Å². The highest BCUT2D eigenvalue weighted by Gasteiger charge is 2.15. The van der Waals surface area contributed by atoms with Gasteiger partial charge in [0.25, 0.3) is 0 Å². The summed E-state index contributed by atoms with van der Waals surface area (Å²) in [6.45, 7) is 2.03. The van der Waals surface area contributed by atoms with E-state index < -0.39 is 0 Å². The van der Waals surface area contributed by atoms with Crippen LogP contribution >= 0.6 is 34.8 Å². The van der Waals surface area contributed by atoms with E-state index in [0.717, 1.165) is 28.1 Å². The molecule has 0 aliphatic rings. The summed E-state index contributed by atoms with van der Waals surface area (Å²) in [5, 5.41) is 1.01. The normalized spacial score (nSPS) is 11.2. The average molecular weight is 326 g/mol. The van der Waals surface area contributed by atoms with Gasteiger partial charge in [0.1, 0.15) is 5.82 Å². The van der Waals surface area contributed by atoms with Crippen LogP contribution in [0.5, 0.6) is 0 Å². The fraction of sp³-hybridized carbons (Fsp3) is 0.133. The Morgan fingerprint density at radius 1 is 1.15 bits per heavy atom. The van der Waals surface area contributed by atoms with Gasteiger partial charge >= 0.3 is 0 Å². The number of alkyl halides is 1. The van der Waals surface area contributed by atoms with E-state index in [1.165, 1.54) is 0 Å². The van der Waals surface area contributed by atoms with Gasteiger partial charge in [0.05, 0.1) is 32.6 Å². The van der Waals surface area contributed by atoms with E-state index in [2.05, 4.69) is 4.98 Å². The van der Waals surface area contributed by atoms with Crippen molar-refractivity contribution in [1.82, 2.24) is 9.55 Å². The van der Waals surface area contributed by atoms with Crippen molar-refractivity contribution in [3.8, 4) is 5.69 Å². The lowest BCUT2D eigenvalue weighted by atomic mass is 10.2. The molecule has 3 aromatic rings. The van der Waals surface area contributed by atoms with Crippen molar-refractivity contribution in [2.45, 2.75) is 12.8 Å². The Kier molecular flexibility index (Phi) is 3.63. The number of aromatic nitrogens is 2. The van der Waals surface area contributed by atoms with Crippen LogP contribution < -0.4 is 0 Å². The van der Waals surface area contributed by atoms with Crippen molar-refractivity contribution >= 4 is 45.8 Å². The molecule has 0 aliphatic heterocycles. The summed E-state index contributed by atoms with van der Waals surface area (Å²) in [6, 6.07) is 11.6. The fourth-order valence-corrected chi connectivity index (χ4v) is 2.82. The zero-order valence-electron chi connectivity index (χ0n) is 10.7. The molecule has 0 amide bonds. The summed E-state index contributed by atoms with van der Waals surface area (Å²) < 4.78 is 1.95. The van der Waals surface area contributed by atoms with Crippen molar-refractivity contribution in [2.24, 2.45) is 0 Å². The van der Waals surface area contributed by atoms with Gasteiger partial charge in [-0.1, -0.05) is 35.3 Å². The first-order valence-corrected chi connectivity index (χ1v) is 7.39. The molecule has 20 heavy (non-hydrogen) atoms. The second-order valence-electron chi connectivity index (χ2n) is 4.56. The molecular formula is C15H11Cl3N2. The molecule has 3 rings (SSSR count). The SMILES string of the molecule is Cc1ccc2c(c1)nc(CCl)n2-c1cccc(Cl)c1Cl. The van der Waals surface area contributed by atoms with Gasteiger partial charge in [-0.25, -0.2) is 4.98 Å². The predicted molar refractivity (Wildman–Crippen MR) is 85.4 cm³/mol. The minimum Gasteiger partial charge on any atom is -0.294 e. The highest BCUT2D eigenvalue weighted by Crippen LogP contribution is 2.32. The number of hydrogen-bond donors (Lipinski definition) is 0. The second kappa shape index (κ2) is 5.28. The van der Waals surface area contributed by atoms with E-state index in [1.807, 2.05) is 41.8 Å². The van der Waals surface area contributed by atoms with E-state index in [9.17, 15) is 0 Å². The Bertz CT molecular complexity index is 793. The Morgan fingerprint density at radius 3 is 2.70 bits per heavy atom. The zero-order chi connectivity index (χ0) is 14.3. The second-order valence-corrected chi connectivity index (χ2v) is 5.61. The van der Waals surface area contributed by atoms with Gasteiger partial charge in [0.15, 0.2) is 0 Å². The number of benzene rings is 2. The maximum absolute atomic E-state index is 6.32. The third-order valence-electron chi connectivity index (χ3n) is 3.17. The first-order valence-electron chi connectivity index (χ1n) is 6.10. The third kappa shape index (κ3) is 2.18. The number of hydrogen-bond acceptors (Lipinski definition) is 1. The molecule has 0 saturated heterocycles. The molecule has 1 heterocycles. The lowest BCUT2D eigenvalue weighted by Gasteiger charge is -2.10. The average Bonchev–Trinajstić information content (AvgIpc) is 2.79. The van der Waals surface area contributed by atoms with Crippen molar-refractivity contribution in [2.75, 3.05) is 0 Å². The summed E-state index contributed by atoms with van der Waals surface area (Å²) in [7, 11) is 0. The van der Waals surface area contributed by atoms with Crippen molar-refractivity contribution < 1.29 is 0 Å². The predicted octanol–water partition coefficient (Wildman–Crippen LogP) is 5.38. The minimum absolute atomic E-state index is 0.302. The molecule has 0 bridgehead atoms. The molecule has 0 spiro atoms. The molecule has 0 atom stereocenters. The molecule has 1 aromatic heterocycles. The van der Waals surface area contributed by atoms with Crippen LogP contribution in [0.25, 0.3) is 16.7 Å². The Morgan fingerprint density at radius 2 is 1.95 bits per heavy atom. The number of aryl methyl sites for hydroxylation is 1. The van der Waals surface area contributed by atoms with Crippen LogP contribution in [-0.2, 0) is 5.88 Å². The lowest BCUT2D eigenvalue weighted by Crippen LogP contribution is -2.00. The minimum atomic E-state index is 0.302. The van der Waals surface area contributed by atoms with E-state index >= 15 is 0 Å². The van der Waals surface area contributed by atoms with Gasteiger partial charge in [0, 0.05) is 0 Å². The molecule has 2 aromatic carbocycles. The highest BCUT2D eigenvalue weighted by molar-refractivity contribution is 6.43. The number of rotatable bonds is 2. The lowest BCUT2D eigenvalue weighted by molar-refractivity contribution is 0.982. The quantitative estimate of drug-likeness (QED) is 0.578. The first-order chi connectivity index (χ1) is 9.61. The molecule has 0 N–H and O–H groups in total. The van der Waals surface area contributed by atoms with Gasteiger partial charge < -0.3 is 0 Å². The summed E-state index contributed by atoms with van der Waals surface area (Å²) in [6.07, 6.45) is 0. The van der Waals surface area contributed by atoms with Crippen LogP contribution in [0.1, 0.15) is 11.4 Å². The Hall–Kier alpha value is -1.22. The number of fused-ring (bicyclic) bond motifs is 1. The highest BCUT2D eigenvalue weighted by atomic mass is 35.5. The topological polar surface area (TPSA) is 17.8 Å². The largest absolute Gasteiger partial charge is 0.294 e. The summed E-state index contributed by atoms with van der Waals surface area (Å²) in [5.41, 5.74) is 3.81. The number of imidazole rings is 1. The number of halogens is 3. The smallest absolute Gasteiger partial charge is 0.129 e. The van der Waals surface area contributed by atoms with E-state index in [-0.39, 0.29) is 0 Å². The summed E-state index contributed by atoms with van der Waals surface area (Å²) in [5.74, 6) is 1.05. The Balaban J connectivity index is 2.37. The van der Waals surface area contributed by atoms with Gasteiger partial charge in [-0.2, -0.15) is 0 Å². The standard InChI is InChI=1S/C15H11Cl3N2/c1-9-5-6-12-11(7-9)19-14(8-16)20(12)13-4-2-3-10(17)15(13)18/h2-7H,8H2,1H3. The third-order valence-corrected chi connectivity index (χ3v) is 4.22.